The second-order valence-corrected chi connectivity index (χ2v) is 3.48. The lowest BCUT2D eigenvalue weighted by Gasteiger charge is -2.16. The number of fused-ring (bicyclic) bond motifs is 1. The Balaban J connectivity index is 0.000000461. The van der Waals surface area contributed by atoms with E-state index in [1.807, 2.05) is 24.7 Å². The van der Waals surface area contributed by atoms with Gasteiger partial charge in [0.1, 0.15) is 0 Å². The van der Waals surface area contributed by atoms with E-state index in [0.29, 0.717) is 5.92 Å². The Kier molecular flexibility index (Phi) is 3.98. The van der Waals surface area contributed by atoms with Crippen LogP contribution in [0.2, 0.25) is 0 Å². The Hall–Kier alpha value is -0.990. The zero-order valence-corrected chi connectivity index (χ0v) is 9.58. The molecule has 0 aliphatic carbocycles. The van der Waals surface area contributed by atoms with Gasteiger partial charge in [-0.2, -0.15) is 5.10 Å². The van der Waals surface area contributed by atoms with Crippen LogP contribution in [0.4, 0.5) is 0 Å². The molecule has 3 heteroatoms. The Bertz CT molecular complexity index is 279. The Morgan fingerprint density at radius 1 is 1.43 bits per heavy atom. The molecule has 1 aromatic heterocycles. The van der Waals surface area contributed by atoms with Crippen molar-refractivity contribution in [1.29, 1.82) is 0 Å². The molecule has 0 saturated heterocycles. The highest BCUT2D eigenvalue weighted by atomic mass is 16.5. The maximum atomic E-state index is 5.56. The monoisotopic (exact) mass is 196 g/mol. The van der Waals surface area contributed by atoms with Crippen molar-refractivity contribution in [1.82, 2.24) is 9.78 Å². The number of aromatic nitrogens is 2. The van der Waals surface area contributed by atoms with Gasteiger partial charge in [-0.05, 0) is 5.92 Å². The fourth-order valence-corrected chi connectivity index (χ4v) is 1.48. The molecule has 0 N–H and O–H groups in total. The van der Waals surface area contributed by atoms with Crippen LogP contribution in [0.3, 0.4) is 0 Å². The lowest BCUT2D eigenvalue weighted by molar-refractivity contribution is 0.227. The van der Waals surface area contributed by atoms with E-state index in [1.165, 1.54) is 5.56 Å². The Morgan fingerprint density at radius 2 is 2.14 bits per heavy atom. The van der Waals surface area contributed by atoms with Crippen molar-refractivity contribution < 1.29 is 4.74 Å². The fraction of sp³-hybridized carbons (Fsp3) is 0.727. The van der Waals surface area contributed by atoms with Crippen LogP contribution < -0.4 is 4.74 Å². The summed E-state index contributed by atoms with van der Waals surface area (Å²) in [5.41, 5.74) is 1.23. The molecule has 0 spiro atoms. The molecule has 14 heavy (non-hydrogen) atoms. The molecule has 0 radical (unpaired) electrons. The second-order valence-electron chi connectivity index (χ2n) is 3.48. The normalized spacial score (nSPS) is 14.1. The van der Waals surface area contributed by atoms with E-state index < -0.39 is 0 Å². The minimum absolute atomic E-state index is 0.506. The van der Waals surface area contributed by atoms with Gasteiger partial charge in [-0.1, -0.05) is 27.7 Å². The summed E-state index contributed by atoms with van der Waals surface area (Å²) >= 11 is 0. The number of aryl methyl sites for hydroxylation is 1. The van der Waals surface area contributed by atoms with E-state index >= 15 is 0 Å². The summed E-state index contributed by atoms with van der Waals surface area (Å²) in [4.78, 5) is 0. The first-order valence-corrected chi connectivity index (χ1v) is 5.47. The first-order valence-electron chi connectivity index (χ1n) is 5.47. The average Bonchev–Trinajstić information content (AvgIpc) is 2.64. The average molecular weight is 196 g/mol. The Labute approximate surface area is 86.1 Å². The van der Waals surface area contributed by atoms with Crippen molar-refractivity contribution in [3.8, 4) is 5.88 Å². The van der Waals surface area contributed by atoms with E-state index in [1.54, 1.807) is 0 Å². The third-order valence-electron chi connectivity index (χ3n) is 2.19. The Morgan fingerprint density at radius 3 is 2.79 bits per heavy atom. The van der Waals surface area contributed by atoms with Gasteiger partial charge in [0.15, 0.2) is 0 Å². The highest BCUT2D eigenvalue weighted by molar-refractivity contribution is 5.27. The largest absolute Gasteiger partial charge is 0.478 e. The summed E-state index contributed by atoms with van der Waals surface area (Å²) in [6.45, 7) is 10.2. The molecule has 2 heterocycles. The van der Waals surface area contributed by atoms with Crippen molar-refractivity contribution in [2.75, 3.05) is 6.61 Å². The van der Waals surface area contributed by atoms with Crippen molar-refractivity contribution in [2.45, 2.75) is 46.6 Å². The molecule has 0 amide bonds. The summed E-state index contributed by atoms with van der Waals surface area (Å²) in [5.74, 6) is 1.49. The molecule has 3 nitrogen and oxygen atoms in total. The summed E-state index contributed by atoms with van der Waals surface area (Å²) in [6.07, 6.45) is 3.00. The molecule has 2 rings (SSSR count). The topological polar surface area (TPSA) is 27.1 Å². The van der Waals surface area contributed by atoms with Gasteiger partial charge in [-0.15, -0.1) is 0 Å². The second kappa shape index (κ2) is 5.03. The molecule has 80 valence electrons. The van der Waals surface area contributed by atoms with E-state index in [0.717, 1.165) is 25.5 Å². The van der Waals surface area contributed by atoms with Gasteiger partial charge in [0.25, 0.3) is 0 Å². The third kappa shape index (κ3) is 2.08. The van der Waals surface area contributed by atoms with Crippen LogP contribution in [-0.2, 0) is 6.54 Å². The fourth-order valence-electron chi connectivity index (χ4n) is 1.48. The van der Waals surface area contributed by atoms with Gasteiger partial charge in [0.05, 0.1) is 12.8 Å². The lowest BCUT2D eigenvalue weighted by Crippen LogP contribution is -2.15. The predicted molar refractivity (Wildman–Crippen MR) is 57.8 cm³/mol. The SMILES string of the molecule is CC.CC(C)c1cnn2c1OCCC2. The number of hydrogen-bond acceptors (Lipinski definition) is 2. The van der Waals surface area contributed by atoms with Gasteiger partial charge >= 0.3 is 0 Å². The zero-order valence-electron chi connectivity index (χ0n) is 9.58. The lowest BCUT2D eigenvalue weighted by atomic mass is 10.1. The molecular formula is C11H20N2O. The summed E-state index contributed by atoms with van der Waals surface area (Å²) in [7, 11) is 0. The highest BCUT2D eigenvalue weighted by Gasteiger charge is 2.17. The number of hydrogen-bond donors (Lipinski definition) is 0. The standard InChI is InChI=1S/C9H14N2O.C2H6/c1-7(2)8-6-10-11-4-3-5-12-9(8)11;1-2/h6-7H,3-5H2,1-2H3;1-2H3. The maximum Gasteiger partial charge on any atom is 0.215 e. The molecule has 0 bridgehead atoms. The molecule has 1 aliphatic heterocycles. The van der Waals surface area contributed by atoms with Crippen LogP contribution in [0, 0.1) is 0 Å². The molecule has 0 aromatic carbocycles. The summed E-state index contributed by atoms with van der Waals surface area (Å²) in [6, 6.07) is 0. The van der Waals surface area contributed by atoms with Gasteiger partial charge in [0.2, 0.25) is 5.88 Å². The van der Waals surface area contributed by atoms with Crippen molar-refractivity contribution in [3.05, 3.63) is 11.8 Å². The predicted octanol–water partition coefficient (Wildman–Crippen LogP) is 2.82. The van der Waals surface area contributed by atoms with Gasteiger partial charge in [-0.25, -0.2) is 4.68 Å². The van der Waals surface area contributed by atoms with Crippen LogP contribution >= 0.6 is 0 Å². The molecule has 0 unspecified atom stereocenters. The smallest absolute Gasteiger partial charge is 0.215 e. The van der Waals surface area contributed by atoms with Crippen LogP contribution in [-0.4, -0.2) is 16.4 Å². The van der Waals surface area contributed by atoms with Crippen LogP contribution in [0.5, 0.6) is 5.88 Å². The molecule has 1 aromatic rings. The number of ether oxygens (including phenoxy) is 1. The van der Waals surface area contributed by atoms with E-state index in [2.05, 4.69) is 18.9 Å². The van der Waals surface area contributed by atoms with E-state index in [9.17, 15) is 0 Å². The van der Waals surface area contributed by atoms with Crippen molar-refractivity contribution in [3.63, 3.8) is 0 Å². The molecule has 0 atom stereocenters. The first-order chi connectivity index (χ1) is 6.79. The molecule has 0 fully saturated rings. The van der Waals surface area contributed by atoms with Crippen molar-refractivity contribution in [2.24, 2.45) is 0 Å². The number of rotatable bonds is 1. The van der Waals surface area contributed by atoms with Gasteiger partial charge in [-0.3, -0.25) is 0 Å². The van der Waals surface area contributed by atoms with Crippen LogP contribution in [0.25, 0.3) is 0 Å². The summed E-state index contributed by atoms with van der Waals surface area (Å²) < 4.78 is 7.51. The number of nitrogens with zero attached hydrogens (tertiary/aromatic N) is 2. The van der Waals surface area contributed by atoms with E-state index in [4.69, 9.17) is 4.74 Å². The van der Waals surface area contributed by atoms with Crippen molar-refractivity contribution >= 4 is 0 Å². The highest BCUT2D eigenvalue weighted by Crippen LogP contribution is 2.28. The van der Waals surface area contributed by atoms with E-state index in [-0.39, 0.29) is 0 Å². The van der Waals surface area contributed by atoms with Crippen LogP contribution in [0.1, 0.15) is 45.6 Å². The maximum absolute atomic E-state index is 5.56. The quantitative estimate of drug-likeness (QED) is 0.690. The zero-order chi connectivity index (χ0) is 10.6. The molecular weight excluding hydrogens is 176 g/mol. The van der Waals surface area contributed by atoms with Gasteiger partial charge < -0.3 is 4.74 Å². The molecule has 1 aliphatic rings. The third-order valence-corrected chi connectivity index (χ3v) is 2.19. The summed E-state index contributed by atoms with van der Waals surface area (Å²) in [5, 5.41) is 4.27. The minimum Gasteiger partial charge on any atom is -0.478 e. The first kappa shape index (κ1) is 11.1. The minimum atomic E-state index is 0.506. The van der Waals surface area contributed by atoms with Gasteiger partial charge in [0, 0.05) is 18.5 Å². The van der Waals surface area contributed by atoms with Crippen LogP contribution in [0.15, 0.2) is 6.20 Å². The molecule has 0 saturated carbocycles.